The summed E-state index contributed by atoms with van der Waals surface area (Å²) >= 11 is 0. The third-order valence-corrected chi connectivity index (χ3v) is 2.94. The van der Waals surface area contributed by atoms with Crippen molar-refractivity contribution in [3.8, 4) is 6.07 Å². The van der Waals surface area contributed by atoms with Crippen molar-refractivity contribution in [2.24, 2.45) is 5.10 Å². The lowest BCUT2D eigenvalue weighted by atomic mass is 10.1. The fourth-order valence-corrected chi connectivity index (χ4v) is 1.73. The van der Waals surface area contributed by atoms with Crippen LogP contribution >= 0.6 is 0 Å². The zero-order valence-corrected chi connectivity index (χ0v) is 12.4. The van der Waals surface area contributed by atoms with Crippen molar-refractivity contribution in [3.05, 3.63) is 76.4 Å². The standard InChI is InChI=1S/C17H12N4O3/c18-12-16(20-19-14-4-2-1-3-5-14)17(22)11-8-13-6-9-15(10-7-13)21(23)24/h1-11,19H/b11-8+,20-16-. The van der Waals surface area contributed by atoms with Gasteiger partial charge in [0.15, 0.2) is 0 Å². The third-order valence-electron chi connectivity index (χ3n) is 2.94. The number of ketones is 1. The summed E-state index contributed by atoms with van der Waals surface area (Å²) < 4.78 is 0. The predicted molar refractivity (Wildman–Crippen MR) is 90.3 cm³/mol. The Morgan fingerprint density at radius 2 is 1.83 bits per heavy atom. The van der Waals surface area contributed by atoms with Crippen LogP contribution in [0.4, 0.5) is 11.4 Å². The number of non-ortho nitro benzene ring substituents is 1. The topological polar surface area (TPSA) is 108 Å². The molecule has 0 saturated carbocycles. The van der Waals surface area contributed by atoms with Crippen LogP contribution in [0.1, 0.15) is 5.56 Å². The monoisotopic (exact) mass is 320 g/mol. The van der Waals surface area contributed by atoms with Gasteiger partial charge in [-0.25, -0.2) is 0 Å². The molecular formula is C17H12N4O3. The van der Waals surface area contributed by atoms with Crippen molar-refractivity contribution in [1.29, 1.82) is 5.26 Å². The highest BCUT2D eigenvalue weighted by atomic mass is 16.6. The average Bonchev–Trinajstić information content (AvgIpc) is 2.61. The van der Waals surface area contributed by atoms with Crippen LogP contribution in [-0.2, 0) is 4.79 Å². The minimum absolute atomic E-state index is 0.0372. The predicted octanol–water partition coefficient (Wildman–Crippen LogP) is 3.17. The Morgan fingerprint density at radius 1 is 1.17 bits per heavy atom. The summed E-state index contributed by atoms with van der Waals surface area (Å²) in [6, 6.07) is 16.3. The molecule has 0 spiro atoms. The first-order valence-corrected chi connectivity index (χ1v) is 6.86. The Morgan fingerprint density at radius 3 is 2.42 bits per heavy atom. The van der Waals surface area contributed by atoms with Crippen LogP contribution in [0.25, 0.3) is 6.08 Å². The van der Waals surface area contributed by atoms with Crippen molar-refractivity contribution in [2.45, 2.75) is 0 Å². The van der Waals surface area contributed by atoms with Crippen LogP contribution < -0.4 is 5.43 Å². The number of carbonyl (C=O) groups is 1. The van der Waals surface area contributed by atoms with Crippen molar-refractivity contribution in [2.75, 3.05) is 5.43 Å². The van der Waals surface area contributed by atoms with E-state index >= 15 is 0 Å². The minimum atomic E-state index is -0.570. The highest BCUT2D eigenvalue weighted by Crippen LogP contribution is 2.13. The maximum Gasteiger partial charge on any atom is 0.269 e. The lowest BCUT2D eigenvalue weighted by molar-refractivity contribution is -0.384. The number of allylic oxidation sites excluding steroid dienone is 1. The highest BCUT2D eigenvalue weighted by Gasteiger charge is 2.08. The zero-order valence-electron chi connectivity index (χ0n) is 12.4. The maximum absolute atomic E-state index is 12.0. The molecule has 0 bridgehead atoms. The molecule has 0 aliphatic carbocycles. The number of benzene rings is 2. The molecule has 0 saturated heterocycles. The van der Waals surface area contributed by atoms with E-state index in [0.717, 1.165) is 0 Å². The van der Waals surface area contributed by atoms with Crippen LogP contribution in [0, 0.1) is 21.4 Å². The SMILES string of the molecule is N#C/C(=N/Nc1ccccc1)C(=O)/C=C/c1ccc([N+](=O)[O-])cc1. The molecule has 0 aliphatic rings. The molecule has 118 valence electrons. The van der Waals surface area contributed by atoms with E-state index in [1.54, 1.807) is 30.3 Å². The molecular weight excluding hydrogens is 308 g/mol. The Bertz CT molecular complexity index is 834. The second kappa shape index (κ2) is 8.00. The molecule has 0 aromatic heterocycles. The first kappa shape index (κ1) is 16.6. The molecule has 0 aliphatic heterocycles. The lowest BCUT2D eigenvalue weighted by Crippen LogP contribution is -2.10. The number of nitrogens with zero attached hydrogens (tertiary/aromatic N) is 3. The molecule has 2 aromatic rings. The first-order valence-electron chi connectivity index (χ1n) is 6.86. The van der Waals surface area contributed by atoms with Crippen molar-refractivity contribution >= 4 is 28.9 Å². The van der Waals surface area contributed by atoms with E-state index in [0.29, 0.717) is 11.3 Å². The van der Waals surface area contributed by atoms with E-state index < -0.39 is 10.7 Å². The van der Waals surface area contributed by atoms with E-state index in [4.69, 9.17) is 5.26 Å². The van der Waals surface area contributed by atoms with Crippen LogP contribution in [0.2, 0.25) is 0 Å². The third kappa shape index (κ3) is 4.61. The summed E-state index contributed by atoms with van der Waals surface area (Å²) in [5.41, 5.74) is 3.55. The van der Waals surface area contributed by atoms with Crippen LogP contribution in [0.3, 0.4) is 0 Å². The van der Waals surface area contributed by atoms with E-state index in [2.05, 4.69) is 10.5 Å². The molecule has 2 aromatic carbocycles. The number of nitro benzene ring substituents is 1. The Labute approximate surface area is 137 Å². The number of rotatable bonds is 6. The molecule has 0 unspecified atom stereocenters. The van der Waals surface area contributed by atoms with Crippen LogP contribution in [0.15, 0.2) is 65.8 Å². The second-order valence-corrected chi connectivity index (χ2v) is 4.60. The van der Waals surface area contributed by atoms with Gasteiger partial charge in [0.25, 0.3) is 5.69 Å². The largest absolute Gasteiger partial charge is 0.287 e. The van der Waals surface area contributed by atoms with E-state index in [1.807, 2.05) is 6.07 Å². The second-order valence-electron chi connectivity index (χ2n) is 4.60. The molecule has 0 radical (unpaired) electrons. The van der Waals surface area contributed by atoms with E-state index in [1.165, 1.54) is 36.4 Å². The number of hydrazone groups is 1. The van der Waals surface area contributed by atoms with Crippen LogP contribution in [0.5, 0.6) is 0 Å². The van der Waals surface area contributed by atoms with Gasteiger partial charge in [0.1, 0.15) is 6.07 Å². The molecule has 0 heterocycles. The van der Waals surface area contributed by atoms with Gasteiger partial charge in [-0.1, -0.05) is 24.3 Å². The average molecular weight is 320 g/mol. The van der Waals surface area contributed by atoms with E-state index in [-0.39, 0.29) is 11.4 Å². The molecule has 2 rings (SSSR count). The highest BCUT2D eigenvalue weighted by molar-refractivity contribution is 6.50. The Balaban J connectivity index is 2.06. The van der Waals surface area contributed by atoms with Gasteiger partial charge >= 0.3 is 0 Å². The summed E-state index contributed by atoms with van der Waals surface area (Å²) in [5.74, 6) is -0.570. The fraction of sp³-hybridized carbons (Fsp3) is 0. The molecule has 0 atom stereocenters. The minimum Gasteiger partial charge on any atom is -0.287 e. The molecule has 0 fully saturated rings. The van der Waals surface area contributed by atoms with E-state index in [9.17, 15) is 14.9 Å². The fourth-order valence-electron chi connectivity index (χ4n) is 1.73. The lowest BCUT2D eigenvalue weighted by Gasteiger charge is -1.99. The molecule has 7 nitrogen and oxygen atoms in total. The quantitative estimate of drug-likeness (QED) is 0.380. The number of para-hydroxylation sites is 1. The smallest absolute Gasteiger partial charge is 0.269 e. The molecule has 24 heavy (non-hydrogen) atoms. The van der Waals surface area contributed by atoms with Gasteiger partial charge in [0.2, 0.25) is 11.5 Å². The Kier molecular flexibility index (Phi) is 5.53. The number of hydrogen-bond donors (Lipinski definition) is 1. The van der Waals surface area contributed by atoms with Gasteiger partial charge in [0, 0.05) is 12.1 Å². The summed E-state index contributed by atoms with van der Waals surface area (Å²) in [4.78, 5) is 22.0. The molecule has 0 amide bonds. The zero-order chi connectivity index (χ0) is 17.4. The number of carbonyl (C=O) groups excluding carboxylic acids is 1. The van der Waals surface area contributed by atoms with Crippen molar-refractivity contribution in [3.63, 3.8) is 0 Å². The van der Waals surface area contributed by atoms with Gasteiger partial charge in [-0.05, 0) is 35.9 Å². The number of hydrogen-bond acceptors (Lipinski definition) is 6. The summed E-state index contributed by atoms with van der Waals surface area (Å²) in [5, 5.41) is 23.4. The summed E-state index contributed by atoms with van der Waals surface area (Å²) in [6.07, 6.45) is 2.65. The number of nitro groups is 1. The van der Waals surface area contributed by atoms with Gasteiger partial charge in [-0.3, -0.25) is 20.3 Å². The number of nitrogens with one attached hydrogen (secondary N) is 1. The molecule has 7 heteroatoms. The first-order chi connectivity index (χ1) is 11.6. The molecule has 1 N–H and O–H groups in total. The van der Waals surface area contributed by atoms with Gasteiger partial charge < -0.3 is 0 Å². The van der Waals surface area contributed by atoms with Gasteiger partial charge in [-0.2, -0.15) is 10.4 Å². The van der Waals surface area contributed by atoms with Crippen LogP contribution in [-0.4, -0.2) is 16.4 Å². The number of anilines is 1. The summed E-state index contributed by atoms with van der Waals surface area (Å²) in [6.45, 7) is 0. The number of nitriles is 1. The van der Waals surface area contributed by atoms with Gasteiger partial charge in [-0.15, -0.1) is 0 Å². The maximum atomic E-state index is 12.0. The van der Waals surface area contributed by atoms with Crippen molar-refractivity contribution < 1.29 is 9.72 Å². The Hall–Kier alpha value is -3.79. The normalized spacial score (nSPS) is 11.0. The van der Waals surface area contributed by atoms with Crippen molar-refractivity contribution in [1.82, 2.24) is 0 Å². The summed E-state index contributed by atoms with van der Waals surface area (Å²) in [7, 11) is 0. The van der Waals surface area contributed by atoms with Gasteiger partial charge in [0.05, 0.1) is 10.6 Å².